The van der Waals surface area contributed by atoms with Crippen molar-refractivity contribution < 1.29 is 4.79 Å². The van der Waals surface area contributed by atoms with Crippen LogP contribution in [-0.2, 0) is 4.79 Å². The minimum atomic E-state index is -0.0544. The summed E-state index contributed by atoms with van der Waals surface area (Å²) in [6.07, 6.45) is 3.14. The lowest BCUT2D eigenvalue weighted by molar-refractivity contribution is -0.127. The molecule has 1 nitrogen and oxygen atoms in total. The van der Waals surface area contributed by atoms with Crippen LogP contribution in [0.5, 0.6) is 0 Å². The van der Waals surface area contributed by atoms with Crippen molar-refractivity contribution in [2.75, 3.05) is 10.7 Å². The second-order valence-corrected chi connectivity index (χ2v) is 5.75. The molecule has 3 heteroatoms. The molecule has 0 aliphatic heterocycles. The van der Waals surface area contributed by atoms with E-state index < -0.39 is 0 Å². The quantitative estimate of drug-likeness (QED) is 0.716. The molecule has 0 spiro atoms. The van der Waals surface area contributed by atoms with Gasteiger partial charge in [-0.1, -0.05) is 38.8 Å². The maximum absolute atomic E-state index is 11.9. The molecule has 0 aromatic rings. The highest BCUT2D eigenvalue weighted by molar-refractivity contribution is 9.09. The number of rotatable bonds is 2. The summed E-state index contributed by atoms with van der Waals surface area (Å²) in [6.45, 7) is 2.27. The van der Waals surface area contributed by atoms with Gasteiger partial charge in [0.2, 0.25) is 0 Å². The molecule has 0 aromatic heterocycles. The number of Topliss-reactive ketones (excluding diaryl/α,β-unsaturated/α-hetero) is 1. The molecule has 0 N–H and O–H groups in total. The van der Waals surface area contributed by atoms with E-state index in [4.69, 9.17) is 0 Å². The molecule has 74 valence electrons. The van der Waals surface area contributed by atoms with Gasteiger partial charge in [-0.3, -0.25) is 4.79 Å². The van der Waals surface area contributed by atoms with E-state index in [1.54, 1.807) is 0 Å². The Balaban J connectivity index is 2.45. The van der Waals surface area contributed by atoms with Crippen molar-refractivity contribution in [3.05, 3.63) is 0 Å². The third kappa shape index (κ3) is 1.01. The fourth-order valence-corrected chi connectivity index (χ4v) is 5.38. The van der Waals surface area contributed by atoms with E-state index in [1.807, 2.05) is 0 Å². The lowest BCUT2D eigenvalue weighted by Gasteiger charge is -2.36. The van der Waals surface area contributed by atoms with Gasteiger partial charge in [0.15, 0.2) is 0 Å². The van der Waals surface area contributed by atoms with Crippen LogP contribution in [0.2, 0.25) is 0 Å². The molecular weight excluding hydrogens is 296 g/mol. The Bertz CT molecular complexity index is 253. The number of fused-ring (bicyclic) bond motifs is 2. The zero-order valence-electron chi connectivity index (χ0n) is 7.78. The van der Waals surface area contributed by atoms with Crippen LogP contribution in [0, 0.1) is 16.7 Å². The molecule has 13 heavy (non-hydrogen) atoms. The predicted octanol–water partition coefficient (Wildman–Crippen LogP) is 3.15. The monoisotopic (exact) mass is 308 g/mol. The van der Waals surface area contributed by atoms with Gasteiger partial charge < -0.3 is 0 Å². The Labute approximate surface area is 95.9 Å². The van der Waals surface area contributed by atoms with E-state index in [2.05, 4.69) is 38.8 Å². The lowest BCUT2D eigenvalue weighted by Crippen LogP contribution is -2.40. The van der Waals surface area contributed by atoms with Gasteiger partial charge in [-0.2, -0.15) is 0 Å². The van der Waals surface area contributed by atoms with Gasteiger partial charge in [0.25, 0.3) is 0 Å². The largest absolute Gasteiger partial charge is 0.299 e. The van der Waals surface area contributed by atoms with Crippen LogP contribution in [-0.4, -0.2) is 16.4 Å². The first kappa shape index (κ1) is 10.2. The van der Waals surface area contributed by atoms with Gasteiger partial charge in [-0.15, -0.1) is 0 Å². The zero-order chi connectivity index (χ0) is 9.69. The normalized spacial score (nSPS) is 48.8. The predicted molar refractivity (Wildman–Crippen MR) is 60.5 cm³/mol. The maximum atomic E-state index is 11.9. The first-order chi connectivity index (χ1) is 6.10. The lowest BCUT2D eigenvalue weighted by atomic mass is 9.70. The molecule has 2 aliphatic rings. The molecule has 2 fully saturated rings. The van der Waals surface area contributed by atoms with Crippen LogP contribution in [0.1, 0.15) is 26.2 Å². The van der Waals surface area contributed by atoms with Gasteiger partial charge >= 0.3 is 0 Å². The zero-order valence-corrected chi connectivity index (χ0v) is 10.9. The van der Waals surface area contributed by atoms with E-state index >= 15 is 0 Å². The molecule has 2 aliphatic carbocycles. The second kappa shape index (κ2) is 3.06. The average molecular weight is 310 g/mol. The number of hydrogen-bond acceptors (Lipinski definition) is 1. The van der Waals surface area contributed by atoms with E-state index in [0.29, 0.717) is 11.7 Å². The average Bonchev–Trinajstić information content (AvgIpc) is 2.53. The Hall–Kier alpha value is 0.630. The molecular formula is C10H14Br2O. The van der Waals surface area contributed by atoms with Gasteiger partial charge in [0.05, 0.1) is 0 Å². The van der Waals surface area contributed by atoms with E-state index in [1.165, 1.54) is 6.42 Å². The van der Waals surface area contributed by atoms with Crippen molar-refractivity contribution in [1.82, 2.24) is 0 Å². The fraction of sp³-hybridized carbons (Fsp3) is 0.900. The van der Waals surface area contributed by atoms with E-state index in [-0.39, 0.29) is 10.8 Å². The number of ketones is 1. The summed E-state index contributed by atoms with van der Waals surface area (Å²) < 4.78 is 0. The Morgan fingerprint density at radius 1 is 1.46 bits per heavy atom. The molecule has 0 heterocycles. The Morgan fingerprint density at radius 2 is 2.15 bits per heavy atom. The standard InChI is InChI=1S/C10H14Br2O/c1-9(5-11)7-2-3-10(9,6-12)8(13)4-7/h7H,2-6H2,1H3/t7-,9-,10+/m1/s1. The SMILES string of the molecule is C[C@@]1(CBr)[C@@H]2CC[C@]1(CBr)C(=O)C2. The summed E-state index contributed by atoms with van der Waals surface area (Å²) in [5, 5.41) is 1.80. The third-order valence-electron chi connectivity index (χ3n) is 4.39. The van der Waals surface area contributed by atoms with Crippen LogP contribution in [0.4, 0.5) is 0 Å². The minimum absolute atomic E-state index is 0.0544. The number of alkyl halides is 2. The number of carbonyl (C=O) groups is 1. The van der Waals surface area contributed by atoms with Crippen molar-refractivity contribution in [3.8, 4) is 0 Å². The molecule has 0 aromatic carbocycles. The van der Waals surface area contributed by atoms with Crippen LogP contribution in [0.15, 0.2) is 0 Å². The molecule has 0 amide bonds. The van der Waals surface area contributed by atoms with Crippen molar-refractivity contribution >= 4 is 37.6 Å². The van der Waals surface area contributed by atoms with Crippen molar-refractivity contribution in [3.63, 3.8) is 0 Å². The smallest absolute Gasteiger partial charge is 0.140 e. The Morgan fingerprint density at radius 3 is 2.54 bits per heavy atom. The highest BCUT2D eigenvalue weighted by Crippen LogP contribution is 2.65. The minimum Gasteiger partial charge on any atom is -0.299 e. The van der Waals surface area contributed by atoms with Gasteiger partial charge in [-0.05, 0) is 24.2 Å². The topological polar surface area (TPSA) is 17.1 Å². The highest BCUT2D eigenvalue weighted by Gasteiger charge is 2.65. The molecule has 2 bridgehead atoms. The van der Waals surface area contributed by atoms with Gasteiger partial charge in [-0.25, -0.2) is 0 Å². The summed E-state index contributed by atoms with van der Waals surface area (Å²) in [4.78, 5) is 11.9. The third-order valence-corrected chi connectivity index (χ3v) is 6.51. The summed E-state index contributed by atoms with van der Waals surface area (Å²) in [5.41, 5.74) is 0.148. The van der Waals surface area contributed by atoms with Crippen LogP contribution in [0.3, 0.4) is 0 Å². The summed E-state index contributed by atoms with van der Waals surface area (Å²) >= 11 is 7.12. The summed E-state index contributed by atoms with van der Waals surface area (Å²) in [5.74, 6) is 1.11. The van der Waals surface area contributed by atoms with Crippen LogP contribution >= 0.6 is 31.9 Å². The van der Waals surface area contributed by atoms with Crippen LogP contribution in [0.25, 0.3) is 0 Å². The van der Waals surface area contributed by atoms with Gasteiger partial charge in [0, 0.05) is 22.5 Å². The van der Waals surface area contributed by atoms with E-state index in [0.717, 1.165) is 23.5 Å². The molecule has 0 saturated heterocycles. The molecule has 0 unspecified atom stereocenters. The second-order valence-electron chi connectivity index (χ2n) is 4.63. The van der Waals surface area contributed by atoms with E-state index in [9.17, 15) is 4.79 Å². The molecule has 0 radical (unpaired) electrons. The maximum Gasteiger partial charge on any atom is 0.140 e. The van der Waals surface area contributed by atoms with Crippen LogP contribution < -0.4 is 0 Å². The van der Waals surface area contributed by atoms with Crippen molar-refractivity contribution in [1.29, 1.82) is 0 Å². The first-order valence-electron chi connectivity index (χ1n) is 4.76. The fourth-order valence-electron chi connectivity index (χ4n) is 3.15. The summed E-state index contributed by atoms with van der Waals surface area (Å²) in [6, 6.07) is 0. The summed E-state index contributed by atoms with van der Waals surface area (Å²) in [7, 11) is 0. The van der Waals surface area contributed by atoms with Gasteiger partial charge in [0.1, 0.15) is 5.78 Å². The van der Waals surface area contributed by atoms with Crippen molar-refractivity contribution in [2.45, 2.75) is 26.2 Å². The number of hydrogen-bond donors (Lipinski definition) is 0. The van der Waals surface area contributed by atoms with Crippen molar-refractivity contribution in [2.24, 2.45) is 16.7 Å². The molecule has 3 atom stereocenters. The molecule has 2 saturated carbocycles. The molecule has 2 rings (SSSR count). The highest BCUT2D eigenvalue weighted by atomic mass is 79.9. The Kier molecular flexibility index (Phi) is 2.39. The number of halogens is 2. The first-order valence-corrected chi connectivity index (χ1v) is 7.00. The number of carbonyl (C=O) groups excluding carboxylic acids is 1.